The number of ether oxygens (including phenoxy) is 1. The number of carbonyl (C=O) groups is 1. The maximum absolute atomic E-state index is 12.5. The zero-order chi connectivity index (χ0) is 20.3. The highest BCUT2D eigenvalue weighted by molar-refractivity contribution is 5.77. The highest BCUT2D eigenvalue weighted by Gasteiger charge is 2.21. The largest absolute Gasteiger partial charge is 0.459 e. The Morgan fingerprint density at radius 2 is 1.79 bits per heavy atom. The molecular weight excluding hydrogens is 372 g/mol. The van der Waals surface area contributed by atoms with Gasteiger partial charge >= 0.3 is 5.97 Å². The van der Waals surface area contributed by atoms with Gasteiger partial charge in [0.1, 0.15) is 6.61 Å². The van der Waals surface area contributed by atoms with Gasteiger partial charge in [-0.3, -0.25) is 0 Å². The van der Waals surface area contributed by atoms with Gasteiger partial charge in [-0.15, -0.1) is 5.10 Å². The van der Waals surface area contributed by atoms with Crippen LogP contribution < -0.4 is 0 Å². The summed E-state index contributed by atoms with van der Waals surface area (Å²) in [5.74, 6) is -0.484. The Bertz CT molecular complexity index is 913. The predicted octanol–water partition coefficient (Wildman–Crippen LogP) is 2.59. The van der Waals surface area contributed by atoms with Crippen molar-refractivity contribution in [3.63, 3.8) is 0 Å². The van der Waals surface area contributed by atoms with Crippen LogP contribution in [0.5, 0.6) is 0 Å². The Hall–Kier alpha value is -3.52. The third-order valence-corrected chi connectivity index (χ3v) is 4.05. The van der Waals surface area contributed by atoms with E-state index in [-0.39, 0.29) is 13.0 Å². The topological polar surface area (TPSA) is 87.8 Å². The summed E-state index contributed by atoms with van der Waals surface area (Å²) in [5, 5.41) is 8.26. The van der Waals surface area contributed by atoms with Crippen molar-refractivity contribution in [2.75, 3.05) is 7.11 Å². The lowest BCUT2D eigenvalue weighted by atomic mass is 10.2. The molecule has 1 aromatic heterocycles. The second-order valence-corrected chi connectivity index (χ2v) is 6.22. The van der Waals surface area contributed by atoms with Gasteiger partial charge in [0.05, 0.1) is 19.3 Å². The monoisotopic (exact) mass is 394 g/mol. The summed E-state index contributed by atoms with van der Waals surface area (Å²) in [7, 11) is 1.35. The van der Waals surface area contributed by atoms with E-state index >= 15 is 0 Å². The van der Waals surface area contributed by atoms with Crippen molar-refractivity contribution >= 4 is 12.4 Å². The summed E-state index contributed by atoms with van der Waals surface area (Å²) in [4.78, 5) is 25.8. The zero-order valence-corrected chi connectivity index (χ0v) is 16.0. The van der Waals surface area contributed by atoms with Crippen LogP contribution in [0.25, 0.3) is 0 Å². The van der Waals surface area contributed by atoms with Crippen LogP contribution in [0.2, 0.25) is 0 Å². The first-order valence-corrected chi connectivity index (χ1v) is 9.09. The molecule has 2 aromatic carbocycles. The minimum absolute atomic E-state index is 0.164. The number of aliphatic imine (C=N–C) groups is 1. The van der Waals surface area contributed by atoms with Crippen LogP contribution in [0.1, 0.15) is 16.8 Å². The van der Waals surface area contributed by atoms with E-state index in [0.717, 1.165) is 17.5 Å². The summed E-state index contributed by atoms with van der Waals surface area (Å²) < 4.78 is 7.11. The molecule has 0 N–H and O–H groups in total. The summed E-state index contributed by atoms with van der Waals surface area (Å²) in [5.41, 5.74) is 2.62. The molecular formula is C21H22N4O4. The van der Waals surface area contributed by atoms with Crippen molar-refractivity contribution in [1.82, 2.24) is 15.0 Å². The average Bonchev–Trinajstić information content (AvgIpc) is 3.19. The highest BCUT2D eigenvalue weighted by atomic mass is 17.2. The molecule has 0 fully saturated rings. The van der Waals surface area contributed by atoms with Gasteiger partial charge in [0.2, 0.25) is 6.40 Å². The lowest BCUT2D eigenvalue weighted by Gasteiger charge is -2.11. The van der Waals surface area contributed by atoms with Gasteiger partial charge in [0.15, 0.2) is 6.04 Å². The number of hydrogen-bond acceptors (Lipinski definition) is 7. The van der Waals surface area contributed by atoms with E-state index < -0.39 is 12.0 Å². The minimum atomic E-state index is -0.823. The van der Waals surface area contributed by atoms with Crippen molar-refractivity contribution in [3.05, 3.63) is 83.7 Å². The van der Waals surface area contributed by atoms with Gasteiger partial charge in [-0.05, 0) is 11.1 Å². The van der Waals surface area contributed by atoms with E-state index in [1.165, 1.54) is 7.11 Å². The number of esters is 1. The summed E-state index contributed by atoms with van der Waals surface area (Å²) >= 11 is 0. The summed E-state index contributed by atoms with van der Waals surface area (Å²) in [6.45, 7) is 0.755. The van der Waals surface area contributed by atoms with Gasteiger partial charge < -0.3 is 9.62 Å². The second kappa shape index (κ2) is 10.7. The predicted molar refractivity (Wildman–Crippen MR) is 106 cm³/mol. The molecule has 0 bridgehead atoms. The summed E-state index contributed by atoms with van der Waals surface area (Å²) in [6, 6.07) is 18.5. The highest BCUT2D eigenvalue weighted by Crippen LogP contribution is 2.09. The maximum atomic E-state index is 12.5. The van der Waals surface area contributed by atoms with E-state index in [1.807, 2.05) is 60.7 Å². The third kappa shape index (κ3) is 6.54. The molecule has 0 saturated carbocycles. The number of nitrogens with zero attached hydrogens (tertiary/aromatic N) is 4. The lowest BCUT2D eigenvalue weighted by molar-refractivity contribution is -0.188. The fraction of sp³-hybridized carbons (Fsp3) is 0.238. The first kappa shape index (κ1) is 20.2. The molecule has 0 spiro atoms. The normalized spacial score (nSPS) is 12.0. The van der Waals surface area contributed by atoms with Crippen LogP contribution in [-0.4, -0.2) is 40.5 Å². The molecule has 1 atom stereocenters. The first-order chi connectivity index (χ1) is 14.2. The number of benzene rings is 2. The lowest BCUT2D eigenvalue weighted by Crippen LogP contribution is -2.24. The van der Waals surface area contributed by atoms with Crippen molar-refractivity contribution in [2.24, 2.45) is 4.99 Å². The van der Waals surface area contributed by atoms with Crippen LogP contribution >= 0.6 is 0 Å². The SMILES string of the molecule is COO/C=N/[C@@H](Cc1cn(Cc2ccccc2)nn1)C(=O)OCc1ccccc1. The van der Waals surface area contributed by atoms with Crippen LogP contribution in [0.3, 0.4) is 0 Å². The Morgan fingerprint density at radius 1 is 1.10 bits per heavy atom. The van der Waals surface area contributed by atoms with Crippen molar-refractivity contribution in [1.29, 1.82) is 0 Å². The Labute approximate surface area is 168 Å². The first-order valence-electron chi connectivity index (χ1n) is 9.09. The van der Waals surface area contributed by atoms with Crippen molar-refractivity contribution in [2.45, 2.75) is 25.6 Å². The number of hydrogen-bond donors (Lipinski definition) is 0. The van der Waals surface area contributed by atoms with Gasteiger partial charge in [0.25, 0.3) is 0 Å². The number of carbonyl (C=O) groups excluding carboxylic acids is 1. The Balaban J connectivity index is 1.63. The van der Waals surface area contributed by atoms with E-state index in [2.05, 4.69) is 25.1 Å². The molecule has 0 amide bonds. The van der Waals surface area contributed by atoms with E-state index in [1.54, 1.807) is 10.9 Å². The van der Waals surface area contributed by atoms with Crippen LogP contribution in [0, 0.1) is 0 Å². The Kier molecular flexibility index (Phi) is 7.48. The van der Waals surface area contributed by atoms with Crippen molar-refractivity contribution < 1.29 is 19.3 Å². The fourth-order valence-corrected chi connectivity index (χ4v) is 2.64. The standard InChI is InChI=1S/C21H22N4O4/c1-27-29-16-22-20(21(26)28-15-18-10-6-3-7-11-18)12-19-14-25(24-23-19)13-17-8-4-2-5-9-17/h2-11,14,16,20H,12-13,15H2,1H3/b22-16+/t20-/m0/s1. The van der Waals surface area contributed by atoms with E-state index in [4.69, 9.17) is 4.74 Å². The van der Waals surface area contributed by atoms with E-state index in [9.17, 15) is 4.79 Å². The fourth-order valence-electron chi connectivity index (χ4n) is 2.64. The molecule has 1 heterocycles. The van der Waals surface area contributed by atoms with Gasteiger partial charge in [-0.1, -0.05) is 65.9 Å². The van der Waals surface area contributed by atoms with Crippen molar-refractivity contribution in [3.8, 4) is 0 Å². The smallest absolute Gasteiger partial charge is 0.331 e. The van der Waals surface area contributed by atoms with E-state index in [0.29, 0.717) is 12.2 Å². The Morgan fingerprint density at radius 3 is 2.48 bits per heavy atom. The molecule has 0 radical (unpaired) electrons. The van der Waals surface area contributed by atoms with Crippen LogP contribution in [0.15, 0.2) is 71.9 Å². The molecule has 0 aliphatic rings. The molecule has 8 heteroatoms. The minimum Gasteiger partial charge on any atom is -0.459 e. The molecule has 0 aliphatic carbocycles. The molecule has 3 aromatic rings. The van der Waals surface area contributed by atoms with Gasteiger partial charge in [-0.25, -0.2) is 14.5 Å². The van der Waals surface area contributed by atoms with Gasteiger partial charge in [0, 0.05) is 12.6 Å². The second-order valence-electron chi connectivity index (χ2n) is 6.22. The molecule has 8 nitrogen and oxygen atoms in total. The molecule has 0 saturated heterocycles. The third-order valence-electron chi connectivity index (χ3n) is 4.05. The van der Waals surface area contributed by atoms with Crippen LogP contribution in [-0.2, 0) is 38.9 Å². The molecule has 0 unspecified atom stereocenters. The molecule has 29 heavy (non-hydrogen) atoms. The number of aromatic nitrogens is 3. The number of rotatable bonds is 10. The zero-order valence-electron chi connectivity index (χ0n) is 16.0. The molecule has 0 aliphatic heterocycles. The maximum Gasteiger partial charge on any atom is 0.331 e. The molecule has 3 rings (SSSR count). The summed E-state index contributed by atoms with van der Waals surface area (Å²) in [6.07, 6.45) is 3.09. The molecule has 150 valence electrons. The average molecular weight is 394 g/mol. The van der Waals surface area contributed by atoms with Gasteiger partial charge in [-0.2, -0.15) is 4.89 Å². The quantitative estimate of drug-likeness (QED) is 0.173. The van der Waals surface area contributed by atoms with Crippen LogP contribution in [0.4, 0.5) is 0 Å².